The molecule has 0 saturated carbocycles. The summed E-state index contributed by atoms with van der Waals surface area (Å²) in [6.45, 7) is 0. The molecule has 1 aromatic heterocycles. The SMILES string of the molecule is [Si]c1ncon1. The molecule has 0 aliphatic rings. The van der Waals surface area contributed by atoms with Gasteiger partial charge in [-0.2, -0.15) is 0 Å². The van der Waals surface area contributed by atoms with Crippen LogP contribution in [0.5, 0.6) is 0 Å². The summed E-state index contributed by atoms with van der Waals surface area (Å²) in [7, 11) is 3.01. The number of hydrogen-bond acceptors (Lipinski definition) is 3. The molecule has 29 valence electrons. The zero-order valence-corrected chi connectivity index (χ0v) is 3.88. The van der Waals surface area contributed by atoms with Crippen LogP contribution in [-0.4, -0.2) is 20.4 Å². The van der Waals surface area contributed by atoms with Gasteiger partial charge in [0.1, 0.15) is 15.7 Å². The van der Waals surface area contributed by atoms with E-state index in [4.69, 9.17) is 0 Å². The lowest BCUT2D eigenvalue weighted by atomic mass is 11.3. The van der Waals surface area contributed by atoms with Gasteiger partial charge in [-0.3, -0.25) is 0 Å². The van der Waals surface area contributed by atoms with Gasteiger partial charge in [0.15, 0.2) is 0 Å². The van der Waals surface area contributed by atoms with Crippen LogP contribution in [0.1, 0.15) is 0 Å². The maximum absolute atomic E-state index is 4.30. The first-order chi connectivity index (χ1) is 2.89. The Balaban J connectivity index is 3.05. The summed E-state index contributed by atoms with van der Waals surface area (Å²) in [5.41, 5.74) is 0.481. The molecule has 0 bridgehead atoms. The summed E-state index contributed by atoms with van der Waals surface area (Å²) in [4.78, 5) is 3.55. The van der Waals surface area contributed by atoms with E-state index in [0.717, 1.165) is 0 Å². The first-order valence-corrected chi connectivity index (χ1v) is 1.87. The van der Waals surface area contributed by atoms with Crippen LogP contribution in [0.4, 0.5) is 0 Å². The molecule has 0 amide bonds. The number of rotatable bonds is 0. The molecule has 1 rings (SSSR count). The predicted octanol–water partition coefficient (Wildman–Crippen LogP) is -1.14. The van der Waals surface area contributed by atoms with Crippen molar-refractivity contribution >= 4 is 15.7 Å². The summed E-state index contributed by atoms with van der Waals surface area (Å²) < 4.78 is 4.30. The standard InChI is InChI=1S/C2HN2OSi/c6-2-3-1-5-4-2/h1H. The number of aromatic nitrogens is 2. The van der Waals surface area contributed by atoms with Gasteiger partial charge in [-0.05, 0) is 0 Å². The number of nitrogens with zero attached hydrogens (tertiary/aromatic N) is 2. The van der Waals surface area contributed by atoms with Crippen molar-refractivity contribution in [3.63, 3.8) is 0 Å². The first kappa shape index (κ1) is 3.54. The van der Waals surface area contributed by atoms with E-state index in [1.807, 2.05) is 0 Å². The van der Waals surface area contributed by atoms with E-state index in [0.29, 0.717) is 5.45 Å². The van der Waals surface area contributed by atoms with Gasteiger partial charge < -0.3 is 4.52 Å². The summed E-state index contributed by atoms with van der Waals surface area (Å²) in [6, 6.07) is 0. The van der Waals surface area contributed by atoms with Crippen LogP contribution >= 0.6 is 0 Å². The third kappa shape index (κ3) is 0.461. The lowest BCUT2D eigenvalue weighted by Gasteiger charge is -1.59. The van der Waals surface area contributed by atoms with Crippen molar-refractivity contribution in [1.29, 1.82) is 0 Å². The topological polar surface area (TPSA) is 38.9 Å². The Labute approximate surface area is 37.8 Å². The zero-order valence-electron chi connectivity index (χ0n) is 2.88. The van der Waals surface area contributed by atoms with Crippen LogP contribution in [0.15, 0.2) is 10.9 Å². The Morgan fingerprint density at radius 1 is 1.83 bits per heavy atom. The van der Waals surface area contributed by atoms with Crippen LogP contribution in [0.25, 0.3) is 0 Å². The number of hydrogen-bond donors (Lipinski definition) is 0. The monoisotopic (exact) mass is 97.0 g/mol. The van der Waals surface area contributed by atoms with Crippen molar-refractivity contribution in [2.75, 3.05) is 0 Å². The summed E-state index contributed by atoms with van der Waals surface area (Å²) in [5.74, 6) is 0. The molecule has 0 saturated heterocycles. The normalized spacial score (nSPS) is 8.83. The highest BCUT2D eigenvalue weighted by Gasteiger charge is 1.80. The van der Waals surface area contributed by atoms with E-state index < -0.39 is 0 Å². The molecule has 1 heterocycles. The van der Waals surface area contributed by atoms with E-state index >= 15 is 0 Å². The van der Waals surface area contributed by atoms with Gasteiger partial charge in [0.2, 0.25) is 6.39 Å². The predicted molar refractivity (Wildman–Crippen MR) is 19.7 cm³/mol. The Morgan fingerprint density at radius 2 is 2.67 bits per heavy atom. The molecule has 0 unspecified atom stereocenters. The van der Waals surface area contributed by atoms with E-state index in [1.165, 1.54) is 6.39 Å². The molecule has 3 radical (unpaired) electrons. The molecular weight excluding hydrogens is 96.1 g/mol. The fourth-order valence-electron chi connectivity index (χ4n) is 0.171. The van der Waals surface area contributed by atoms with Gasteiger partial charge in [-0.15, -0.1) is 0 Å². The maximum Gasteiger partial charge on any atom is 0.213 e. The molecule has 0 aliphatic heterocycles. The fraction of sp³-hybridized carbons (Fsp3) is 0. The van der Waals surface area contributed by atoms with E-state index in [2.05, 4.69) is 24.9 Å². The minimum atomic E-state index is 0.481. The smallest absolute Gasteiger partial charge is 0.213 e. The van der Waals surface area contributed by atoms with E-state index in [9.17, 15) is 0 Å². The molecule has 3 nitrogen and oxygen atoms in total. The van der Waals surface area contributed by atoms with Gasteiger partial charge in [0.05, 0.1) is 0 Å². The molecule has 0 aromatic carbocycles. The van der Waals surface area contributed by atoms with Crippen LogP contribution in [0.2, 0.25) is 0 Å². The third-order valence-electron chi connectivity index (χ3n) is 0.361. The third-order valence-corrected chi connectivity index (χ3v) is 0.582. The zero-order chi connectivity index (χ0) is 4.41. The highest BCUT2D eigenvalue weighted by molar-refractivity contribution is 6.28. The summed E-state index contributed by atoms with van der Waals surface area (Å²) >= 11 is 0. The average molecular weight is 97.1 g/mol. The molecule has 0 fully saturated rings. The van der Waals surface area contributed by atoms with Crippen molar-refractivity contribution in [3.05, 3.63) is 6.39 Å². The quantitative estimate of drug-likeness (QED) is 0.384. The Bertz CT molecular complexity index is 115. The highest BCUT2D eigenvalue weighted by Crippen LogP contribution is 1.59. The average Bonchev–Trinajstić information content (AvgIpc) is 1.86. The first-order valence-electron chi connectivity index (χ1n) is 1.37. The highest BCUT2D eigenvalue weighted by atomic mass is 28.1. The summed E-state index contributed by atoms with van der Waals surface area (Å²) in [5, 5.41) is 3.34. The van der Waals surface area contributed by atoms with Gasteiger partial charge in [-0.1, -0.05) is 5.16 Å². The summed E-state index contributed by atoms with van der Waals surface area (Å²) in [6.07, 6.45) is 1.25. The molecule has 4 heteroatoms. The van der Waals surface area contributed by atoms with E-state index in [-0.39, 0.29) is 0 Å². The largest absolute Gasteiger partial charge is 0.343 e. The minimum absolute atomic E-state index is 0.481. The minimum Gasteiger partial charge on any atom is -0.343 e. The van der Waals surface area contributed by atoms with Gasteiger partial charge in [-0.25, -0.2) is 4.98 Å². The maximum atomic E-state index is 4.30. The van der Waals surface area contributed by atoms with Crippen molar-refractivity contribution < 1.29 is 4.52 Å². The Hall–Kier alpha value is -0.643. The van der Waals surface area contributed by atoms with Crippen molar-refractivity contribution in [2.45, 2.75) is 0 Å². The second-order valence-corrected chi connectivity index (χ2v) is 1.20. The van der Waals surface area contributed by atoms with Crippen LogP contribution < -0.4 is 5.45 Å². The van der Waals surface area contributed by atoms with Crippen LogP contribution in [0, 0.1) is 0 Å². The van der Waals surface area contributed by atoms with Crippen molar-refractivity contribution in [2.24, 2.45) is 0 Å². The second-order valence-electron chi connectivity index (χ2n) is 0.755. The Morgan fingerprint density at radius 3 is 2.83 bits per heavy atom. The van der Waals surface area contributed by atoms with Crippen LogP contribution in [-0.2, 0) is 0 Å². The Kier molecular flexibility index (Phi) is 0.718. The molecule has 0 atom stereocenters. The molecular formula is C2HN2OSi. The molecule has 0 N–H and O–H groups in total. The lowest BCUT2D eigenvalue weighted by molar-refractivity contribution is 0.421. The van der Waals surface area contributed by atoms with Gasteiger partial charge >= 0.3 is 0 Å². The molecule has 6 heavy (non-hydrogen) atoms. The second kappa shape index (κ2) is 1.21. The lowest BCUT2D eigenvalue weighted by Crippen LogP contribution is -2.04. The van der Waals surface area contributed by atoms with Crippen molar-refractivity contribution in [3.8, 4) is 0 Å². The van der Waals surface area contributed by atoms with Gasteiger partial charge in [0.25, 0.3) is 0 Å². The van der Waals surface area contributed by atoms with E-state index in [1.54, 1.807) is 0 Å². The molecule has 1 aromatic rings. The van der Waals surface area contributed by atoms with Gasteiger partial charge in [0, 0.05) is 0 Å². The van der Waals surface area contributed by atoms with Crippen LogP contribution in [0.3, 0.4) is 0 Å². The molecule has 0 aliphatic carbocycles. The molecule has 0 spiro atoms. The fourth-order valence-corrected chi connectivity index (χ4v) is 0.276. The van der Waals surface area contributed by atoms with Crippen molar-refractivity contribution in [1.82, 2.24) is 10.1 Å².